The van der Waals surface area contributed by atoms with Crippen molar-refractivity contribution in [3.05, 3.63) is 57.4 Å². The molecule has 0 bridgehead atoms. The van der Waals surface area contributed by atoms with Crippen molar-refractivity contribution < 1.29 is 14.3 Å². The first kappa shape index (κ1) is 22.4. The third-order valence-electron chi connectivity index (χ3n) is 5.00. The maximum atomic E-state index is 13.0. The number of rotatable bonds is 5. The summed E-state index contributed by atoms with van der Waals surface area (Å²) in [6, 6.07) is 14.5. The van der Waals surface area contributed by atoms with Gasteiger partial charge in [0.1, 0.15) is 27.2 Å². The molecule has 2 aromatic carbocycles. The van der Waals surface area contributed by atoms with Crippen LogP contribution in [-0.4, -0.2) is 25.1 Å². The molecule has 2 heterocycles. The van der Waals surface area contributed by atoms with E-state index in [0.29, 0.717) is 38.5 Å². The van der Waals surface area contributed by atoms with Gasteiger partial charge in [-0.2, -0.15) is 5.26 Å². The molecule has 1 amide bonds. The molecule has 5 N–H and O–H groups in total. The fourth-order valence-corrected chi connectivity index (χ4v) is 4.72. The highest BCUT2D eigenvalue weighted by Gasteiger charge is 2.25. The number of thiophene rings is 1. The second-order valence-electron chi connectivity index (χ2n) is 6.91. The molecule has 8 nitrogen and oxygen atoms in total. The number of methoxy groups -OCH3 is 2. The van der Waals surface area contributed by atoms with Crippen molar-refractivity contribution in [2.24, 2.45) is 0 Å². The normalized spacial score (nSPS) is 10.6. The lowest BCUT2D eigenvalue weighted by atomic mass is 9.97. The highest BCUT2D eigenvalue weighted by Crippen LogP contribution is 2.44. The molecule has 10 heteroatoms. The first-order chi connectivity index (χ1) is 15.9. The predicted octanol–water partition coefficient (Wildman–Crippen LogP) is 5.03. The van der Waals surface area contributed by atoms with E-state index in [2.05, 4.69) is 32.3 Å². The SMILES string of the molecule is COc1ccc(-c2c(C#N)c(N)nc3sc(C(=O)Nc4ccc(Br)cc4)c(N)c23)cc1OC. The number of nitrogens with two attached hydrogens (primary N) is 2. The molecule has 0 aliphatic carbocycles. The van der Waals surface area contributed by atoms with Crippen LogP contribution in [0, 0.1) is 11.3 Å². The van der Waals surface area contributed by atoms with Gasteiger partial charge in [0.2, 0.25) is 0 Å². The summed E-state index contributed by atoms with van der Waals surface area (Å²) >= 11 is 4.48. The van der Waals surface area contributed by atoms with Crippen molar-refractivity contribution in [1.29, 1.82) is 5.26 Å². The Bertz CT molecular complexity index is 1430. The van der Waals surface area contributed by atoms with E-state index >= 15 is 0 Å². The molecule has 0 aliphatic rings. The predicted molar refractivity (Wildman–Crippen MR) is 134 cm³/mol. The number of nitrogens with one attached hydrogen (secondary N) is 1. The lowest BCUT2D eigenvalue weighted by molar-refractivity contribution is 0.103. The van der Waals surface area contributed by atoms with Gasteiger partial charge in [0, 0.05) is 21.1 Å². The van der Waals surface area contributed by atoms with E-state index in [1.807, 2.05) is 12.1 Å². The zero-order valence-corrected chi connectivity index (χ0v) is 20.0. The Morgan fingerprint density at radius 3 is 2.45 bits per heavy atom. The van der Waals surface area contributed by atoms with E-state index < -0.39 is 0 Å². The molecule has 0 saturated carbocycles. The Morgan fingerprint density at radius 2 is 1.82 bits per heavy atom. The van der Waals surface area contributed by atoms with E-state index in [9.17, 15) is 10.1 Å². The summed E-state index contributed by atoms with van der Waals surface area (Å²) < 4.78 is 11.6. The number of nitriles is 1. The number of anilines is 3. The van der Waals surface area contributed by atoms with Crippen molar-refractivity contribution >= 4 is 60.6 Å². The molecule has 4 rings (SSSR count). The summed E-state index contributed by atoms with van der Waals surface area (Å²) in [4.78, 5) is 18.1. The van der Waals surface area contributed by atoms with Crippen LogP contribution in [-0.2, 0) is 0 Å². The molecule has 0 saturated heterocycles. The lowest BCUT2D eigenvalue weighted by Gasteiger charge is -2.13. The standard InChI is InChI=1S/C23H18BrN5O3S/c1-31-15-8-3-11(9-16(15)32-2)17-14(10-25)21(27)29-23-18(17)19(26)20(33-23)22(30)28-13-6-4-12(24)5-7-13/h3-9H,26H2,1-2H3,(H2,27,29)(H,28,30). The number of amides is 1. The van der Waals surface area contributed by atoms with Gasteiger partial charge in [-0.1, -0.05) is 22.0 Å². The van der Waals surface area contributed by atoms with Gasteiger partial charge in [0.05, 0.1) is 19.9 Å². The topological polar surface area (TPSA) is 136 Å². The number of benzene rings is 2. The average molecular weight is 524 g/mol. The Labute approximate surface area is 201 Å². The molecule has 0 fully saturated rings. The second-order valence-corrected chi connectivity index (χ2v) is 8.83. The van der Waals surface area contributed by atoms with Crippen molar-refractivity contribution in [2.75, 3.05) is 31.0 Å². The largest absolute Gasteiger partial charge is 0.493 e. The molecule has 33 heavy (non-hydrogen) atoms. The van der Waals surface area contributed by atoms with Crippen LogP contribution in [0.15, 0.2) is 46.9 Å². The minimum Gasteiger partial charge on any atom is -0.493 e. The van der Waals surface area contributed by atoms with Crippen LogP contribution in [0.2, 0.25) is 0 Å². The van der Waals surface area contributed by atoms with E-state index in [1.165, 1.54) is 14.2 Å². The fraction of sp³-hybridized carbons (Fsp3) is 0.0870. The number of nitrogen functional groups attached to an aromatic ring is 2. The van der Waals surface area contributed by atoms with Gasteiger partial charge in [-0.25, -0.2) is 4.98 Å². The first-order valence-electron chi connectivity index (χ1n) is 9.58. The molecule has 166 valence electrons. The summed E-state index contributed by atoms with van der Waals surface area (Å²) in [7, 11) is 3.06. The number of aromatic nitrogens is 1. The quantitative estimate of drug-likeness (QED) is 0.333. The maximum Gasteiger partial charge on any atom is 0.267 e. The Balaban J connectivity index is 1.90. The van der Waals surface area contributed by atoms with E-state index in [1.54, 1.807) is 30.3 Å². The fourth-order valence-electron chi connectivity index (χ4n) is 3.45. The minimum absolute atomic E-state index is 0.0518. The average Bonchev–Trinajstić information content (AvgIpc) is 3.14. The highest BCUT2D eigenvalue weighted by molar-refractivity contribution is 9.10. The van der Waals surface area contributed by atoms with Gasteiger partial charge in [0.25, 0.3) is 5.91 Å². The Kier molecular flexibility index (Phi) is 6.09. The van der Waals surface area contributed by atoms with Gasteiger partial charge in [-0.3, -0.25) is 4.79 Å². The smallest absolute Gasteiger partial charge is 0.267 e. The molecule has 0 aliphatic heterocycles. The third kappa shape index (κ3) is 4.04. The zero-order chi connectivity index (χ0) is 23.7. The molecule has 0 atom stereocenters. The number of carbonyl (C=O) groups is 1. The number of ether oxygens (including phenoxy) is 2. The highest BCUT2D eigenvalue weighted by atomic mass is 79.9. The van der Waals surface area contributed by atoms with Crippen LogP contribution in [0.5, 0.6) is 11.5 Å². The maximum absolute atomic E-state index is 13.0. The van der Waals surface area contributed by atoms with Crippen LogP contribution >= 0.6 is 27.3 Å². The summed E-state index contributed by atoms with van der Waals surface area (Å²) in [5, 5.41) is 13.1. The summed E-state index contributed by atoms with van der Waals surface area (Å²) in [5.74, 6) is 0.680. The van der Waals surface area contributed by atoms with Crippen molar-refractivity contribution in [2.45, 2.75) is 0 Å². The number of carbonyl (C=O) groups excluding carboxylic acids is 1. The number of hydrogen-bond donors (Lipinski definition) is 3. The molecular formula is C23H18BrN5O3S. The van der Waals surface area contributed by atoms with Gasteiger partial charge < -0.3 is 26.3 Å². The first-order valence-corrected chi connectivity index (χ1v) is 11.2. The van der Waals surface area contributed by atoms with Crippen molar-refractivity contribution in [3.63, 3.8) is 0 Å². The third-order valence-corrected chi connectivity index (χ3v) is 6.62. The van der Waals surface area contributed by atoms with Gasteiger partial charge in [0.15, 0.2) is 11.5 Å². The molecule has 0 unspecified atom stereocenters. The zero-order valence-electron chi connectivity index (χ0n) is 17.6. The lowest BCUT2D eigenvalue weighted by Crippen LogP contribution is -2.11. The van der Waals surface area contributed by atoms with Crippen LogP contribution in [0.25, 0.3) is 21.3 Å². The number of fused-ring (bicyclic) bond motifs is 1. The van der Waals surface area contributed by atoms with Crippen LogP contribution in [0.4, 0.5) is 17.2 Å². The number of nitrogens with zero attached hydrogens (tertiary/aromatic N) is 2. The second kappa shape index (κ2) is 8.97. The van der Waals surface area contributed by atoms with Crippen LogP contribution in [0.3, 0.4) is 0 Å². The number of halogens is 1. The van der Waals surface area contributed by atoms with E-state index in [4.69, 9.17) is 20.9 Å². The van der Waals surface area contributed by atoms with Gasteiger partial charge in [-0.05, 0) is 42.0 Å². The summed E-state index contributed by atoms with van der Waals surface area (Å²) in [6.45, 7) is 0. The molecule has 0 spiro atoms. The Morgan fingerprint density at radius 1 is 1.12 bits per heavy atom. The monoisotopic (exact) mass is 523 g/mol. The van der Waals surface area contributed by atoms with Crippen molar-refractivity contribution in [1.82, 2.24) is 4.98 Å². The van der Waals surface area contributed by atoms with Crippen molar-refractivity contribution in [3.8, 4) is 28.7 Å². The summed E-state index contributed by atoms with van der Waals surface area (Å²) in [6.07, 6.45) is 0. The molecular weight excluding hydrogens is 506 g/mol. The Hall–Kier alpha value is -3.81. The van der Waals surface area contributed by atoms with Gasteiger partial charge >= 0.3 is 0 Å². The van der Waals surface area contributed by atoms with Gasteiger partial charge in [-0.15, -0.1) is 11.3 Å². The van der Waals surface area contributed by atoms with E-state index in [-0.39, 0.29) is 27.9 Å². The molecule has 0 radical (unpaired) electrons. The van der Waals surface area contributed by atoms with Crippen LogP contribution < -0.4 is 26.3 Å². The molecule has 4 aromatic rings. The number of hydrogen-bond acceptors (Lipinski definition) is 8. The molecule has 2 aromatic heterocycles. The minimum atomic E-state index is -0.381. The number of pyridine rings is 1. The van der Waals surface area contributed by atoms with Crippen LogP contribution in [0.1, 0.15) is 15.2 Å². The summed E-state index contributed by atoms with van der Waals surface area (Å²) in [5.41, 5.74) is 14.7. The van der Waals surface area contributed by atoms with E-state index in [0.717, 1.165) is 15.8 Å².